The first-order chi connectivity index (χ1) is 9.24. The number of halogens is 1. The lowest BCUT2D eigenvalue weighted by molar-refractivity contribution is 0.290. The maximum absolute atomic E-state index is 13.1. The summed E-state index contributed by atoms with van der Waals surface area (Å²) in [5.74, 6) is 0.331. The zero-order valence-electron chi connectivity index (χ0n) is 10.8. The third kappa shape index (κ3) is 2.56. The first-order valence-corrected chi connectivity index (χ1v) is 6.80. The third-order valence-electron chi connectivity index (χ3n) is 3.88. The van der Waals surface area contributed by atoms with Crippen molar-refractivity contribution in [2.75, 3.05) is 19.6 Å². The number of hydrogen-bond acceptors (Lipinski definition) is 2. The predicted octanol–water partition coefficient (Wildman–Crippen LogP) is 3.13. The van der Waals surface area contributed by atoms with Crippen LogP contribution in [-0.2, 0) is 6.42 Å². The molecule has 1 heterocycles. The molecule has 3 rings (SSSR count). The van der Waals surface area contributed by atoms with Gasteiger partial charge in [0.05, 0.1) is 0 Å². The fourth-order valence-electron chi connectivity index (χ4n) is 2.87. The molecule has 0 radical (unpaired) electrons. The van der Waals surface area contributed by atoms with Crippen LogP contribution in [0.4, 0.5) is 4.39 Å². The molecular formula is C16H18FNO. The number of phenols is 1. The summed E-state index contributed by atoms with van der Waals surface area (Å²) in [5, 5.41) is 12.0. The van der Waals surface area contributed by atoms with Crippen molar-refractivity contribution in [1.82, 2.24) is 4.90 Å². The predicted molar refractivity (Wildman–Crippen MR) is 75.3 cm³/mol. The molecule has 2 nitrogen and oxygen atoms in total. The smallest absolute Gasteiger partial charge is 0.123 e. The van der Waals surface area contributed by atoms with E-state index in [9.17, 15) is 9.50 Å². The molecule has 1 aliphatic heterocycles. The number of hydrogen-bond donors (Lipinski definition) is 1. The number of rotatable bonds is 3. The van der Waals surface area contributed by atoms with E-state index in [1.165, 1.54) is 0 Å². The van der Waals surface area contributed by atoms with Gasteiger partial charge in [-0.15, -0.1) is 0 Å². The minimum Gasteiger partial charge on any atom is -0.507 e. The fourth-order valence-corrected chi connectivity index (χ4v) is 2.87. The van der Waals surface area contributed by atoms with Crippen molar-refractivity contribution in [3.05, 3.63) is 42.0 Å². The monoisotopic (exact) mass is 259 g/mol. The Bertz CT molecular complexity index is 579. The van der Waals surface area contributed by atoms with Crippen LogP contribution in [0.2, 0.25) is 0 Å². The number of phenolic OH excluding ortho intramolecular Hbond substituents is 1. The van der Waals surface area contributed by atoms with Crippen molar-refractivity contribution in [2.24, 2.45) is 0 Å². The summed E-state index contributed by atoms with van der Waals surface area (Å²) in [5.41, 5.74) is 1.14. The van der Waals surface area contributed by atoms with Crippen LogP contribution in [0.1, 0.15) is 12.0 Å². The van der Waals surface area contributed by atoms with Crippen molar-refractivity contribution < 1.29 is 9.50 Å². The Labute approximate surface area is 112 Å². The van der Waals surface area contributed by atoms with Crippen molar-refractivity contribution in [3.63, 3.8) is 0 Å². The van der Waals surface area contributed by atoms with Gasteiger partial charge in [0, 0.05) is 25.0 Å². The molecule has 0 aromatic heterocycles. The van der Waals surface area contributed by atoms with Gasteiger partial charge in [0.2, 0.25) is 0 Å². The van der Waals surface area contributed by atoms with E-state index in [0.717, 1.165) is 35.8 Å². The highest BCUT2D eigenvalue weighted by atomic mass is 19.1. The fraction of sp³-hybridized carbons (Fsp3) is 0.375. The molecule has 0 unspecified atom stereocenters. The molecule has 0 amide bonds. The average Bonchev–Trinajstić information content (AvgIpc) is 2.82. The van der Waals surface area contributed by atoms with Crippen LogP contribution in [0.15, 0.2) is 36.4 Å². The highest BCUT2D eigenvalue weighted by Crippen LogP contribution is 2.28. The quantitative estimate of drug-likeness (QED) is 0.915. The van der Waals surface area contributed by atoms with Gasteiger partial charge in [0.15, 0.2) is 0 Å². The second kappa shape index (κ2) is 5.17. The van der Waals surface area contributed by atoms with Crippen molar-refractivity contribution in [2.45, 2.75) is 19.0 Å². The van der Waals surface area contributed by atoms with E-state index in [1.54, 1.807) is 6.07 Å². The van der Waals surface area contributed by atoms with Crippen molar-refractivity contribution in [3.8, 4) is 5.75 Å². The summed E-state index contributed by atoms with van der Waals surface area (Å²) in [7, 11) is 0. The van der Waals surface area contributed by atoms with Crippen LogP contribution in [0.5, 0.6) is 5.75 Å². The summed E-state index contributed by atoms with van der Waals surface area (Å²) in [6.07, 6.45) is 0.837. The second-order valence-electron chi connectivity index (χ2n) is 5.23. The van der Waals surface area contributed by atoms with Gasteiger partial charge in [0.25, 0.3) is 0 Å². The average molecular weight is 259 g/mol. The number of alkyl halides is 1. The standard InChI is InChI=1S/C16H18FNO/c17-14-8-10-18(11-14)9-7-13-4-1-3-12-5-2-6-15(19)16(12)13/h1-6,14,19H,7-11H2/t14-/m0/s1. The highest BCUT2D eigenvalue weighted by molar-refractivity contribution is 5.91. The second-order valence-corrected chi connectivity index (χ2v) is 5.23. The van der Waals surface area contributed by atoms with E-state index in [1.807, 2.05) is 30.3 Å². The molecule has 0 aliphatic carbocycles. The lowest BCUT2D eigenvalue weighted by Crippen LogP contribution is -2.23. The summed E-state index contributed by atoms with van der Waals surface area (Å²) in [6, 6.07) is 11.6. The van der Waals surface area contributed by atoms with Gasteiger partial charge < -0.3 is 10.0 Å². The molecule has 1 aliphatic rings. The van der Waals surface area contributed by atoms with Crippen LogP contribution in [0.25, 0.3) is 10.8 Å². The minimum absolute atomic E-state index is 0.331. The molecule has 3 heteroatoms. The molecular weight excluding hydrogens is 241 g/mol. The number of benzene rings is 2. The molecule has 1 fully saturated rings. The zero-order valence-corrected chi connectivity index (χ0v) is 10.8. The van der Waals surface area contributed by atoms with E-state index in [-0.39, 0.29) is 0 Å². The molecule has 1 saturated heterocycles. The number of nitrogens with zero attached hydrogens (tertiary/aromatic N) is 1. The summed E-state index contributed by atoms with van der Waals surface area (Å²) in [4.78, 5) is 2.16. The Morgan fingerprint density at radius 2 is 2.00 bits per heavy atom. The maximum Gasteiger partial charge on any atom is 0.123 e. The highest BCUT2D eigenvalue weighted by Gasteiger charge is 2.21. The van der Waals surface area contributed by atoms with E-state index in [0.29, 0.717) is 18.7 Å². The zero-order chi connectivity index (χ0) is 13.2. The molecule has 0 spiro atoms. The lowest BCUT2D eigenvalue weighted by Gasteiger charge is -2.15. The van der Waals surface area contributed by atoms with E-state index in [4.69, 9.17) is 0 Å². The van der Waals surface area contributed by atoms with Crippen LogP contribution >= 0.6 is 0 Å². The first kappa shape index (κ1) is 12.4. The molecule has 1 N–H and O–H groups in total. The summed E-state index contributed by atoms with van der Waals surface area (Å²) >= 11 is 0. The number of aromatic hydroxyl groups is 1. The van der Waals surface area contributed by atoms with Crippen molar-refractivity contribution >= 4 is 10.8 Å². The van der Waals surface area contributed by atoms with E-state index in [2.05, 4.69) is 4.90 Å². The SMILES string of the molecule is Oc1cccc2cccc(CCN3CC[C@H](F)C3)c12. The van der Waals surface area contributed by atoms with Gasteiger partial charge in [-0.25, -0.2) is 4.39 Å². The molecule has 2 aromatic carbocycles. The molecule has 0 bridgehead atoms. The van der Waals surface area contributed by atoms with Crippen LogP contribution < -0.4 is 0 Å². The lowest BCUT2D eigenvalue weighted by atomic mass is 10.0. The molecule has 19 heavy (non-hydrogen) atoms. The number of likely N-dealkylation sites (tertiary alicyclic amines) is 1. The minimum atomic E-state index is -0.666. The Hall–Kier alpha value is -1.61. The first-order valence-electron chi connectivity index (χ1n) is 6.80. The Balaban J connectivity index is 1.81. The van der Waals surface area contributed by atoms with Gasteiger partial charge in [-0.3, -0.25) is 0 Å². The van der Waals surface area contributed by atoms with Gasteiger partial charge in [-0.05, 0) is 29.9 Å². The Morgan fingerprint density at radius 3 is 2.74 bits per heavy atom. The van der Waals surface area contributed by atoms with Crippen LogP contribution in [-0.4, -0.2) is 35.8 Å². The summed E-state index contributed by atoms with van der Waals surface area (Å²) < 4.78 is 13.1. The number of fused-ring (bicyclic) bond motifs is 1. The van der Waals surface area contributed by atoms with E-state index < -0.39 is 6.17 Å². The van der Waals surface area contributed by atoms with Crippen molar-refractivity contribution in [1.29, 1.82) is 0 Å². The van der Waals surface area contributed by atoms with Gasteiger partial charge in [-0.1, -0.05) is 30.3 Å². The van der Waals surface area contributed by atoms with Gasteiger partial charge in [-0.2, -0.15) is 0 Å². The molecule has 2 aromatic rings. The molecule has 1 atom stereocenters. The van der Waals surface area contributed by atoms with Crippen LogP contribution in [0.3, 0.4) is 0 Å². The van der Waals surface area contributed by atoms with Gasteiger partial charge >= 0.3 is 0 Å². The summed E-state index contributed by atoms with van der Waals surface area (Å²) in [6.45, 7) is 2.25. The Kier molecular flexibility index (Phi) is 3.38. The van der Waals surface area contributed by atoms with Crippen LogP contribution in [0, 0.1) is 0 Å². The normalized spacial score (nSPS) is 20.2. The topological polar surface area (TPSA) is 23.5 Å². The largest absolute Gasteiger partial charge is 0.507 e. The third-order valence-corrected chi connectivity index (χ3v) is 3.88. The van der Waals surface area contributed by atoms with Gasteiger partial charge in [0.1, 0.15) is 11.9 Å². The Morgan fingerprint density at radius 1 is 1.21 bits per heavy atom. The maximum atomic E-state index is 13.1. The molecule has 0 saturated carbocycles. The molecule has 100 valence electrons. The van der Waals surface area contributed by atoms with E-state index >= 15 is 0 Å².